The van der Waals surface area contributed by atoms with Crippen LogP contribution in [0.25, 0.3) is 0 Å². The average molecular weight is 422 g/mol. The summed E-state index contributed by atoms with van der Waals surface area (Å²) in [5.74, 6) is -0.235. The summed E-state index contributed by atoms with van der Waals surface area (Å²) in [5, 5.41) is 4.68. The number of halogens is 2. The first kappa shape index (κ1) is 21.0. The minimum atomic E-state index is -0.235. The van der Waals surface area contributed by atoms with Gasteiger partial charge in [0, 0.05) is 43.4 Å². The van der Waals surface area contributed by atoms with Crippen LogP contribution < -0.4 is 5.32 Å². The molecule has 2 aromatic carbocycles. The van der Waals surface area contributed by atoms with Crippen molar-refractivity contribution in [1.82, 2.24) is 9.80 Å². The third-order valence-electron chi connectivity index (χ3n) is 4.79. The Kier molecular flexibility index (Phi) is 7.62. The summed E-state index contributed by atoms with van der Waals surface area (Å²) in [7, 11) is 0. The van der Waals surface area contributed by atoms with Gasteiger partial charge in [0.1, 0.15) is 5.82 Å². The van der Waals surface area contributed by atoms with Crippen LogP contribution in [-0.4, -0.2) is 54.3 Å². The Bertz CT molecular complexity index is 797. The van der Waals surface area contributed by atoms with Gasteiger partial charge in [0.05, 0.1) is 13.2 Å². The standard InChI is InChI=1S/C21H25ClFN3OS/c1-16-14-18(22)4-7-20(16)24-21(28)26(9-8-25-10-12-27-13-11-25)15-17-2-5-19(23)6-3-17/h2-7,14H,8-13,15H2,1H3,(H,24,28). The summed E-state index contributed by atoms with van der Waals surface area (Å²) in [6.45, 7) is 7.68. The first-order chi connectivity index (χ1) is 13.5. The fourth-order valence-electron chi connectivity index (χ4n) is 3.11. The highest BCUT2D eigenvalue weighted by atomic mass is 35.5. The Hall–Kier alpha value is -1.73. The number of thiocarbonyl (C=S) groups is 1. The predicted molar refractivity (Wildman–Crippen MR) is 116 cm³/mol. The molecule has 0 radical (unpaired) electrons. The maximum absolute atomic E-state index is 13.3. The zero-order valence-electron chi connectivity index (χ0n) is 16.0. The van der Waals surface area contributed by atoms with E-state index in [4.69, 9.17) is 28.6 Å². The van der Waals surface area contributed by atoms with Gasteiger partial charge in [0.15, 0.2) is 5.11 Å². The third-order valence-corrected chi connectivity index (χ3v) is 5.39. The second-order valence-corrected chi connectivity index (χ2v) is 7.71. The lowest BCUT2D eigenvalue weighted by molar-refractivity contribution is 0.0358. The van der Waals surface area contributed by atoms with Crippen LogP contribution in [0.5, 0.6) is 0 Å². The zero-order valence-corrected chi connectivity index (χ0v) is 17.5. The van der Waals surface area contributed by atoms with E-state index in [1.807, 2.05) is 25.1 Å². The Morgan fingerprint density at radius 1 is 1.21 bits per heavy atom. The lowest BCUT2D eigenvalue weighted by Crippen LogP contribution is -2.44. The minimum absolute atomic E-state index is 0.235. The first-order valence-corrected chi connectivity index (χ1v) is 10.2. The van der Waals surface area contributed by atoms with Crippen molar-refractivity contribution in [2.75, 3.05) is 44.7 Å². The molecule has 3 rings (SSSR count). The highest BCUT2D eigenvalue weighted by Gasteiger charge is 2.16. The van der Waals surface area contributed by atoms with E-state index in [-0.39, 0.29) is 5.82 Å². The Morgan fingerprint density at radius 2 is 1.93 bits per heavy atom. The maximum Gasteiger partial charge on any atom is 0.173 e. The second-order valence-electron chi connectivity index (χ2n) is 6.89. The number of hydrogen-bond acceptors (Lipinski definition) is 3. The van der Waals surface area contributed by atoms with Gasteiger partial charge in [-0.1, -0.05) is 23.7 Å². The van der Waals surface area contributed by atoms with Crippen molar-refractivity contribution in [2.24, 2.45) is 0 Å². The van der Waals surface area contributed by atoms with Crippen LogP contribution in [-0.2, 0) is 11.3 Å². The Labute approximate surface area is 176 Å². The van der Waals surface area contributed by atoms with E-state index in [2.05, 4.69) is 15.1 Å². The average Bonchev–Trinajstić information content (AvgIpc) is 2.69. The number of nitrogens with zero attached hydrogens (tertiary/aromatic N) is 2. The second kappa shape index (κ2) is 10.2. The van der Waals surface area contributed by atoms with Crippen LogP contribution in [0, 0.1) is 12.7 Å². The van der Waals surface area contributed by atoms with Crippen molar-refractivity contribution in [3.8, 4) is 0 Å². The van der Waals surface area contributed by atoms with E-state index in [1.165, 1.54) is 12.1 Å². The molecular weight excluding hydrogens is 397 g/mol. The van der Waals surface area contributed by atoms with Crippen molar-refractivity contribution in [1.29, 1.82) is 0 Å². The number of nitrogens with one attached hydrogen (secondary N) is 1. The molecule has 4 nitrogen and oxygen atoms in total. The van der Waals surface area contributed by atoms with Crippen molar-refractivity contribution < 1.29 is 9.13 Å². The highest BCUT2D eigenvalue weighted by molar-refractivity contribution is 7.80. The van der Waals surface area contributed by atoms with E-state index in [9.17, 15) is 4.39 Å². The number of hydrogen-bond donors (Lipinski definition) is 1. The van der Waals surface area contributed by atoms with Gasteiger partial charge < -0.3 is 15.0 Å². The molecule has 2 aromatic rings. The molecule has 0 atom stereocenters. The molecule has 150 valence electrons. The SMILES string of the molecule is Cc1cc(Cl)ccc1NC(=S)N(CCN1CCOCC1)Cc1ccc(F)cc1. The monoisotopic (exact) mass is 421 g/mol. The number of anilines is 1. The molecule has 0 amide bonds. The summed E-state index contributed by atoms with van der Waals surface area (Å²) < 4.78 is 18.7. The number of morpholine rings is 1. The summed E-state index contributed by atoms with van der Waals surface area (Å²) in [6, 6.07) is 12.2. The quantitative estimate of drug-likeness (QED) is 0.701. The van der Waals surface area contributed by atoms with Crippen LogP contribution in [0.4, 0.5) is 10.1 Å². The third kappa shape index (κ3) is 6.14. The molecule has 28 heavy (non-hydrogen) atoms. The van der Waals surface area contributed by atoms with Crippen LogP contribution in [0.3, 0.4) is 0 Å². The number of aryl methyl sites for hydroxylation is 1. The number of benzene rings is 2. The molecule has 0 aromatic heterocycles. The molecule has 1 fully saturated rings. The van der Waals surface area contributed by atoms with Crippen LogP contribution in [0.15, 0.2) is 42.5 Å². The number of ether oxygens (including phenoxy) is 1. The zero-order chi connectivity index (χ0) is 19.9. The van der Waals surface area contributed by atoms with Crippen molar-refractivity contribution in [3.63, 3.8) is 0 Å². The lowest BCUT2D eigenvalue weighted by atomic mass is 10.2. The van der Waals surface area contributed by atoms with E-state index in [1.54, 1.807) is 12.1 Å². The van der Waals surface area contributed by atoms with Gasteiger partial charge in [0.2, 0.25) is 0 Å². The molecule has 0 spiro atoms. The molecule has 1 aliphatic rings. The molecule has 1 aliphatic heterocycles. The van der Waals surface area contributed by atoms with Gasteiger partial charge in [-0.2, -0.15) is 0 Å². The molecule has 0 saturated carbocycles. The highest BCUT2D eigenvalue weighted by Crippen LogP contribution is 2.20. The van der Waals surface area contributed by atoms with Gasteiger partial charge in [-0.3, -0.25) is 4.90 Å². The summed E-state index contributed by atoms with van der Waals surface area (Å²) in [5.41, 5.74) is 2.98. The van der Waals surface area contributed by atoms with Crippen molar-refractivity contribution in [3.05, 3.63) is 64.4 Å². The largest absolute Gasteiger partial charge is 0.379 e. The maximum atomic E-state index is 13.3. The van der Waals surface area contributed by atoms with Gasteiger partial charge in [0.25, 0.3) is 0 Å². The normalized spacial score (nSPS) is 14.7. The van der Waals surface area contributed by atoms with E-state index in [0.29, 0.717) is 16.7 Å². The van der Waals surface area contributed by atoms with E-state index >= 15 is 0 Å². The molecule has 1 heterocycles. The number of rotatable bonds is 6. The molecule has 7 heteroatoms. The first-order valence-electron chi connectivity index (χ1n) is 9.38. The van der Waals surface area contributed by atoms with Crippen LogP contribution in [0.1, 0.15) is 11.1 Å². The van der Waals surface area contributed by atoms with E-state index < -0.39 is 0 Å². The van der Waals surface area contributed by atoms with Crippen LogP contribution >= 0.6 is 23.8 Å². The minimum Gasteiger partial charge on any atom is -0.379 e. The van der Waals surface area contributed by atoms with Crippen molar-refractivity contribution in [2.45, 2.75) is 13.5 Å². The Balaban J connectivity index is 1.69. The smallest absolute Gasteiger partial charge is 0.173 e. The van der Waals surface area contributed by atoms with E-state index in [0.717, 1.165) is 56.2 Å². The molecule has 0 unspecified atom stereocenters. The van der Waals surface area contributed by atoms with Crippen LogP contribution in [0.2, 0.25) is 5.02 Å². The molecular formula is C21H25ClFN3OS. The van der Waals surface area contributed by atoms with Gasteiger partial charge >= 0.3 is 0 Å². The topological polar surface area (TPSA) is 27.7 Å². The predicted octanol–water partition coefficient (Wildman–Crippen LogP) is 4.32. The molecule has 0 aliphatic carbocycles. The lowest BCUT2D eigenvalue weighted by Gasteiger charge is -2.31. The molecule has 1 N–H and O–H groups in total. The summed E-state index contributed by atoms with van der Waals surface area (Å²) in [4.78, 5) is 4.49. The fourth-order valence-corrected chi connectivity index (χ4v) is 3.60. The van der Waals surface area contributed by atoms with Gasteiger partial charge in [-0.25, -0.2) is 4.39 Å². The van der Waals surface area contributed by atoms with Crippen molar-refractivity contribution >= 4 is 34.6 Å². The molecule has 1 saturated heterocycles. The van der Waals surface area contributed by atoms with Gasteiger partial charge in [-0.15, -0.1) is 0 Å². The van der Waals surface area contributed by atoms with Gasteiger partial charge in [-0.05, 0) is 60.6 Å². The summed E-state index contributed by atoms with van der Waals surface area (Å²) in [6.07, 6.45) is 0. The molecule has 0 bridgehead atoms. The fraction of sp³-hybridized carbons (Fsp3) is 0.381. The Morgan fingerprint density at radius 3 is 2.61 bits per heavy atom. The summed E-state index contributed by atoms with van der Waals surface area (Å²) >= 11 is 11.8.